The third kappa shape index (κ3) is 6.25. The van der Waals surface area contributed by atoms with E-state index >= 15 is 0 Å². The second-order valence-electron chi connectivity index (χ2n) is 5.04. The van der Waals surface area contributed by atoms with Crippen LogP contribution in [0.25, 0.3) is 0 Å². The minimum absolute atomic E-state index is 0.0649. The van der Waals surface area contributed by atoms with Crippen LogP contribution in [-0.2, 0) is 9.84 Å². The third-order valence-corrected chi connectivity index (χ3v) is 4.99. The van der Waals surface area contributed by atoms with Crippen molar-refractivity contribution in [3.05, 3.63) is 29.8 Å². The third-order valence-electron chi connectivity index (χ3n) is 3.28. The van der Waals surface area contributed by atoms with Crippen molar-refractivity contribution >= 4 is 9.84 Å². The van der Waals surface area contributed by atoms with Gasteiger partial charge in [0.2, 0.25) is 0 Å². The average molecular weight is 310 g/mol. The van der Waals surface area contributed by atoms with Crippen LogP contribution in [0.2, 0.25) is 0 Å². The zero-order valence-electron chi connectivity index (χ0n) is 12.3. The maximum atomic E-state index is 12.2. The number of hydrogen-bond donors (Lipinski definition) is 1. The number of benzene rings is 1. The monoisotopic (exact) mass is 310 g/mol. The van der Waals surface area contributed by atoms with Crippen molar-refractivity contribution in [3.63, 3.8) is 0 Å². The predicted octanol–water partition coefficient (Wildman–Crippen LogP) is 1.43. The molecule has 6 heteroatoms. The van der Waals surface area contributed by atoms with Crippen molar-refractivity contribution in [2.45, 2.75) is 24.2 Å². The largest absolute Gasteiger partial charge is 0.396 e. The van der Waals surface area contributed by atoms with Gasteiger partial charge in [-0.3, -0.25) is 0 Å². The van der Waals surface area contributed by atoms with E-state index in [4.69, 9.17) is 10.4 Å². The average Bonchev–Trinajstić information content (AvgIpc) is 2.50. The lowest BCUT2D eigenvalue weighted by atomic mass is 10.2. The maximum absolute atomic E-state index is 12.2. The predicted molar refractivity (Wildman–Crippen MR) is 81.6 cm³/mol. The van der Waals surface area contributed by atoms with E-state index in [-0.39, 0.29) is 17.3 Å². The van der Waals surface area contributed by atoms with Crippen LogP contribution in [0, 0.1) is 11.3 Å². The number of aliphatic hydroxyl groups excluding tert-OH is 1. The second-order valence-corrected chi connectivity index (χ2v) is 7.15. The molecule has 1 aromatic rings. The molecular weight excluding hydrogens is 288 g/mol. The van der Waals surface area contributed by atoms with Gasteiger partial charge in [0, 0.05) is 13.2 Å². The van der Waals surface area contributed by atoms with Crippen molar-refractivity contribution in [2.75, 3.05) is 32.5 Å². The molecule has 1 aromatic carbocycles. The highest BCUT2D eigenvalue weighted by atomic mass is 32.2. The first-order valence-electron chi connectivity index (χ1n) is 7.02. The van der Waals surface area contributed by atoms with E-state index in [1.165, 1.54) is 24.3 Å². The van der Waals surface area contributed by atoms with Crippen LogP contribution in [0.4, 0.5) is 0 Å². The van der Waals surface area contributed by atoms with Gasteiger partial charge < -0.3 is 10.0 Å². The summed E-state index contributed by atoms with van der Waals surface area (Å²) >= 11 is 0. The van der Waals surface area contributed by atoms with Gasteiger partial charge in [0.15, 0.2) is 9.84 Å². The Morgan fingerprint density at radius 2 is 1.81 bits per heavy atom. The molecule has 0 aliphatic heterocycles. The Bertz CT molecular complexity index is 562. The minimum atomic E-state index is -3.31. The van der Waals surface area contributed by atoms with E-state index in [2.05, 4.69) is 0 Å². The molecule has 0 amide bonds. The first-order valence-corrected chi connectivity index (χ1v) is 8.67. The van der Waals surface area contributed by atoms with Crippen molar-refractivity contribution in [1.29, 1.82) is 5.26 Å². The van der Waals surface area contributed by atoms with Gasteiger partial charge in [0.1, 0.15) is 0 Å². The van der Waals surface area contributed by atoms with Crippen LogP contribution in [0.3, 0.4) is 0 Å². The van der Waals surface area contributed by atoms with Gasteiger partial charge in [0.05, 0.1) is 22.3 Å². The molecule has 116 valence electrons. The zero-order chi connectivity index (χ0) is 15.7. The standard InChI is InChI=1S/C15H22N2O3S/c1-17(9-3-2-4-11-18)10-12-21(19,20)15-7-5-14(13-16)6-8-15/h5-8,18H,2-4,9-12H2,1H3. The van der Waals surface area contributed by atoms with Crippen molar-refractivity contribution in [2.24, 2.45) is 0 Å². The quantitative estimate of drug-likeness (QED) is 0.698. The molecule has 0 aliphatic carbocycles. The van der Waals surface area contributed by atoms with E-state index in [1.54, 1.807) is 0 Å². The van der Waals surface area contributed by atoms with Gasteiger partial charge in [-0.15, -0.1) is 0 Å². The molecule has 0 aliphatic rings. The minimum Gasteiger partial charge on any atom is -0.396 e. The van der Waals surface area contributed by atoms with E-state index in [9.17, 15) is 8.42 Å². The number of nitrogens with zero attached hydrogens (tertiary/aromatic N) is 2. The highest BCUT2D eigenvalue weighted by molar-refractivity contribution is 7.91. The molecule has 0 fully saturated rings. The number of sulfone groups is 1. The summed E-state index contributed by atoms with van der Waals surface area (Å²) in [6, 6.07) is 7.97. The van der Waals surface area contributed by atoms with E-state index < -0.39 is 9.84 Å². The first kappa shape index (κ1) is 17.6. The molecule has 21 heavy (non-hydrogen) atoms. The molecule has 0 spiro atoms. The molecule has 1 N–H and O–H groups in total. The van der Waals surface area contributed by atoms with Crippen LogP contribution in [0.1, 0.15) is 24.8 Å². The molecule has 1 rings (SSSR count). The summed E-state index contributed by atoms with van der Waals surface area (Å²) in [7, 11) is -1.41. The van der Waals surface area contributed by atoms with Gasteiger partial charge in [-0.2, -0.15) is 5.26 Å². The van der Waals surface area contributed by atoms with Crippen LogP contribution < -0.4 is 0 Å². The fourth-order valence-corrected chi connectivity index (χ4v) is 3.25. The summed E-state index contributed by atoms with van der Waals surface area (Å²) in [5.74, 6) is 0.0649. The van der Waals surface area contributed by atoms with Crippen molar-refractivity contribution < 1.29 is 13.5 Å². The maximum Gasteiger partial charge on any atom is 0.179 e. The molecule has 0 heterocycles. The summed E-state index contributed by atoms with van der Waals surface area (Å²) in [4.78, 5) is 2.24. The number of nitriles is 1. The zero-order valence-corrected chi connectivity index (χ0v) is 13.1. The smallest absolute Gasteiger partial charge is 0.179 e. The molecule has 0 atom stereocenters. The molecule has 5 nitrogen and oxygen atoms in total. The van der Waals surface area contributed by atoms with Crippen molar-refractivity contribution in [1.82, 2.24) is 4.90 Å². The second kappa shape index (κ2) is 8.78. The fourth-order valence-electron chi connectivity index (χ4n) is 1.91. The molecule has 0 saturated carbocycles. The Hall–Kier alpha value is -1.42. The van der Waals surface area contributed by atoms with Crippen molar-refractivity contribution in [3.8, 4) is 6.07 Å². The molecule has 0 unspecified atom stereocenters. The summed E-state index contributed by atoms with van der Waals surface area (Å²) in [6.45, 7) is 1.50. The first-order chi connectivity index (χ1) is 9.99. The highest BCUT2D eigenvalue weighted by Gasteiger charge is 2.15. The topological polar surface area (TPSA) is 81.4 Å². The summed E-state index contributed by atoms with van der Waals surface area (Å²) < 4.78 is 24.3. The summed E-state index contributed by atoms with van der Waals surface area (Å²) in [6.07, 6.45) is 2.69. The number of aliphatic hydroxyl groups is 1. The Morgan fingerprint density at radius 1 is 1.14 bits per heavy atom. The Morgan fingerprint density at radius 3 is 2.38 bits per heavy atom. The highest BCUT2D eigenvalue weighted by Crippen LogP contribution is 2.12. The SMILES string of the molecule is CN(CCCCCO)CCS(=O)(=O)c1ccc(C#N)cc1. The normalized spacial score (nSPS) is 11.5. The number of unbranched alkanes of at least 4 members (excludes halogenated alkanes) is 2. The van der Waals surface area contributed by atoms with Gasteiger partial charge in [0.25, 0.3) is 0 Å². The lowest BCUT2D eigenvalue weighted by molar-refractivity contribution is 0.275. The lowest BCUT2D eigenvalue weighted by Gasteiger charge is -2.16. The Labute approximate surface area is 126 Å². The Balaban J connectivity index is 2.47. The lowest BCUT2D eigenvalue weighted by Crippen LogP contribution is -2.26. The van der Waals surface area contributed by atoms with E-state index in [0.717, 1.165) is 25.8 Å². The van der Waals surface area contributed by atoms with Crippen LogP contribution in [-0.4, -0.2) is 50.9 Å². The number of hydrogen-bond acceptors (Lipinski definition) is 5. The fraction of sp³-hybridized carbons (Fsp3) is 0.533. The summed E-state index contributed by atoms with van der Waals surface area (Å²) in [5, 5.41) is 17.4. The van der Waals surface area contributed by atoms with Crippen LogP contribution >= 0.6 is 0 Å². The Kier molecular flexibility index (Phi) is 7.37. The van der Waals surface area contributed by atoms with Crippen LogP contribution in [0.5, 0.6) is 0 Å². The van der Waals surface area contributed by atoms with E-state index in [1.807, 2.05) is 18.0 Å². The van der Waals surface area contributed by atoms with E-state index in [0.29, 0.717) is 12.1 Å². The molecule has 0 radical (unpaired) electrons. The van der Waals surface area contributed by atoms with Gasteiger partial charge in [-0.25, -0.2) is 8.42 Å². The number of rotatable bonds is 9. The summed E-state index contributed by atoms with van der Waals surface area (Å²) in [5.41, 5.74) is 0.454. The molecule has 0 aromatic heterocycles. The van der Waals surface area contributed by atoms with Crippen LogP contribution in [0.15, 0.2) is 29.2 Å². The van der Waals surface area contributed by atoms with Gasteiger partial charge in [-0.1, -0.05) is 0 Å². The molecular formula is C15H22N2O3S. The molecule has 0 bridgehead atoms. The van der Waals surface area contributed by atoms with Gasteiger partial charge in [-0.05, 0) is 57.1 Å². The van der Waals surface area contributed by atoms with Gasteiger partial charge >= 0.3 is 0 Å². The molecule has 0 saturated heterocycles.